The van der Waals surface area contributed by atoms with E-state index in [0.29, 0.717) is 11.7 Å². The van der Waals surface area contributed by atoms with E-state index in [-0.39, 0.29) is 12.6 Å². The minimum absolute atomic E-state index is 0.252. The summed E-state index contributed by atoms with van der Waals surface area (Å²) in [6.45, 7) is 8.72. The third kappa shape index (κ3) is 6.31. The number of nitrogens with one attached hydrogen (secondary N) is 2. The van der Waals surface area contributed by atoms with E-state index in [4.69, 9.17) is 0 Å². The zero-order valence-corrected chi connectivity index (χ0v) is 21.4. The molecule has 180 valence electrons. The topological polar surface area (TPSA) is 71.8 Å². The molecule has 7 heteroatoms. The van der Waals surface area contributed by atoms with Crippen molar-refractivity contribution >= 4 is 23.5 Å². The van der Waals surface area contributed by atoms with Crippen LogP contribution in [0.15, 0.2) is 78.0 Å². The SMILES string of the molecule is Cc1ccc(-n2c(CNC(=O)Nc3ccc(C(C)C)cc3)nnc2SCc2ccccc2C)cc1. The summed E-state index contributed by atoms with van der Waals surface area (Å²) in [5.74, 6) is 1.91. The van der Waals surface area contributed by atoms with Crippen molar-refractivity contribution in [3.8, 4) is 5.69 Å². The maximum absolute atomic E-state index is 12.6. The van der Waals surface area contributed by atoms with Crippen molar-refractivity contribution in [3.63, 3.8) is 0 Å². The second-order valence-corrected chi connectivity index (χ2v) is 9.81. The van der Waals surface area contributed by atoms with E-state index in [1.54, 1.807) is 11.8 Å². The van der Waals surface area contributed by atoms with Crippen LogP contribution in [0.3, 0.4) is 0 Å². The molecule has 0 atom stereocenters. The summed E-state index contributed by atoms with van der Waals surface area (Å²) in [6, 6.07) is 24.2. The highest BCUT2D eigenvalue weighted by Gasteiger charge is 2.16. The van der Waals surface area contributed by atoms with Crippen molar-refractivity contribution in [2.45, 2.75) is 51.1 Å². The van der Waals surface area contributed by atoms with Gasteiger partial charge in [-0.05, 0) is 60.7 Å². The van der Waals surface area contributed by atoms with Crippen molar-refractivity contribution in [3.05, 3.63) is 101 Å². The van der Waals surface area contributed by atoms with Gasteiger partial charge in [-0.25, -0.2) is 4.79 Å². The fourth-order valence-corrected chi connectivity index (χ4v) is 4.71. The van der Waals surface area contributed by atoms with Gasteiger partial charge in [-0.1, -0.05) is 79.7 Å². The van der Waals surface area contributed by atoms with E-state index in [9.17, 15) is 4.79 Å². The van der Waals surface area contributed by atoms with Gasteiger partial charge < -0.3 is 10.6 Å². The first-order valence-corrected chi connectivity index (χ1v) is 12.7. The number of carbonyl (C=O) groups is 1. The van der Waals surface area contributed by atoms with Gasteiger partial charge in [0.05, 0.1) is 6.54 Å². The number of carbonyl (C=O) groups excluding carboxylic acids is 1. The van der Waals surface area contributed by atoms with Crippen LogP contribution in [0.4, 0.5) is 10.5 Å². The van der Waals surface area contributed by atoms with Crippen LogP contribution in [0.2, 0.25) is 0 Å². The number of hydrogen-bond donors (Lipinski definition) is 2. The molecule has 0 radical (unpaired) electrons. The highest BCUT2D eigenvalue weighted by atomic mass is 32.2. The molecule has 0 unspecified atom stereocenters. The van der Waals surface area contributed by atoms with Gasteiger partial charge >= 0.3 is 6.03 Å². The second-order valence-electron chi connectivity index (χ2n) is 8.87. The predicted molar refractivity (Wildman–Crippen MR) is 143 cm³/mol. The van der Waals surface area contributed by atoms with Gasteiger partial charge in [-0.2, -0.15) is 0 Å². The van der Waals surface area contributed by atoms with Gasteiger partial charge in [-0.15, -0.1) is 10.2 Å². The molecule has 0 aliphatic heterocycles. The number of rotatable bonds is 8. The lowest BCUT2D eigenvalue weighted by atomic mass is 10.0. The molecular weight excluding hydrogens is 454 g/mol. The number of benzene rings is 3. The van der Waals surface area contributed by atoms with E-state index < -0.39 is 0 Å². The Hall–Kier alpha value is -3.58. The molecule has 1 heterocycles. The Bertz CT molecular complexity index is 1280. The Morgan fingerprint density at radius 2 is 1.66 bits per heavy atom. The summed E-state index contributed by atoms with van der Waals surface area (Å²) in [7, 11) is 0. The molecule has 0 aliphatic rings. The highest BCUT2D eigenvalue weighted by Crippen LogP contribution is 2.26. The van der Waals surface area contributed by atoms with Crippen molar-refractivity contribution in [2.24, 2.45) is 0 Å². The Balaban J connectivity index is 1.48. The van der Waals surface area contributed by atoms with Gasteiger partial charge in [0, 0.05) is 17.1 Å². The third-order valence-corrected chi connectivity index (χ3v) is 6.83. The molecule has 0 fully saturated rings. The van der Waals surface area contributed by atoms with Crippen molar-refractivity contribution < 1.29 is 4.79 Å². The monoisotopic (exact) mass is 485 g/mol. The van der Waals surface area contributed by atoms with E-state index in [2.05, 4.69) is 91.0 Å². The zero-order valence-electron chi connectivity index (χ0n) is 20.6. The molecule has 35 heavy (non-hydrogen) atoms. The predicted octanol–water partition coefficient (Wildman–Crippen LogP) is 6.62. The highest BCUT2D eigenvalue weighted by molar-refractivity contribution is 7.98. The quantitative estimate of drug-likeness (QED) is 0.275. The van der Waals surface area contributed by atoms with Crippen LogP contribution in [0.1, 0.15) is 47.8 Å². The molecule has 1 aromatic heterocycles. The smallest absolute Gasteiger partial charge is 0.319 e. The molecule has 4 aromatic rings. The molecule has 2 amide bonds. The minimum Gasteiger partial charge on any atom is -0.331 e. The fourth-order valence-electron chi connectivity index (χ4n) is 3.66. The van der Waals surface area contributed by atoms with E-state index in [1.165, 1.54) is 22.3 Å². The molecule has 6 nitrogen and oxygen atoms in total. The van der Waals surface area contributed by atoms with Crippen LogP contribution in [0.5, 0.6) is 0 Å². The van der Waals surface area contributed by atoms with Crippen molar-refractivity contribution in [1.29, 1.82) is 0 Å². The number of amides is 2. The van der Waals surface area contributed by atoms with Gasteiger partial charge in [0.25, 0.3) is 0 Å². The standard InChI is InChI=1S/C28H31N5OS/c1-19(2)22-11-13-24(14-12-22)30-27(34)29-17-26-31-32-28(33(26)25-15-9-20(3)10-16-25)35-18-23-8-6-5-7-21(23)4/h5-16,19H,17-18H2,1-4H3,(H2,29,30,34). The molecular formula is C28H31N5OS. The second kappa shape index (κ2) is 11.2. The average molecular weight is 486 g/mol. The molecule has 3 aromatic carbocycles. The molecule has 0 spiro atoms. The molecule has 0 saturated heterocycles. The summed E-state index contributed by atoms with van der Waals surface area (Å²) >= 11 is 1.64. The summed E-state index contributed by atoms with van der Waals surface area (Å²) in [5.41, 5.74) is 6.65. The number of aryl methyl sites for hydroxylation is 2. The maximum atomic E-state index is 12.6. The normalized spacial score (nSPS) is 11.0. The van der Waals surface area contributed by atoms with Crippen LogP contribution in [0, 0.1) is 13.8 Å². The molecule has 0 bridgehead atoms. The van der Waals surface area contributed by atoms with Crippen LogP contribution >= 0.6 is 11.8 Å². The molecule has 0 saturated carbocycles. The maximum Gasteiger partial charge on any atom is 0.319 e. The number of nitrogens with zero attached hydrogens (tertiary/aromatic N) is 3. The molecule has 2 N–H and O–H groups in total. The van der Waals surface area contributed by atoms with E-state index >= 15 is 0 Å². The summed E-state index contributed by atoms with van der Waals surface area (Å²) in [6.07, 6.45) is 0. The fraction of sp³-hybridized carbons (Fsp3) is 0.250. The Morgan fingerprint density at radius 3 is 2.34 bits per heavy atom. The first kappa shape index (κ1) is 24.5. The largest absolute Gasteiger partial charge is 0.331 e. The molecule has 4 rings (SSSR count). The van der Waals surface area contributed by atoms with Gasteiger partial charge in [-0.3, -0.25) is 4.57 Å². The van der Waals surface area contributed by atoms with Crippen LogP contribution in [-0.2, 0) is 12.3 Å². The Kier molecular flexibility index (Phi) is 7.87. The lowest BCUT2D eigenvalue weighted by Gasteiger charge is -2.12. The number of aromatic nitrogens is 3. The number of thioether (sulfide) groups is 1. The minimum atomic E-state index is -0.283. The van der Waals surface area contributed by atoms with Crippen LogP contribution in [-0.4, -0.2) is 20.8 Å². The zero-order chi connectivity index (χ0) is 24.8. The average Bonchev–Trinajstić information content (AvgIpc) is 3.26. The van der Waals surface area contributed by atoms with Gasteiger partial charge in [0.15, 0.2) is 11.0 Å². The Morgan fingerprint density at radius 1 is 0.943 bits per heavy atom. The van der Waals surface area contributed by atoms with Crippen molar-refractivity contribution in [1.82, 2.24) is 20.1 Å². The summed E-state index contributed by atoms with van der Waals surface area (Å²) < 4.78 is 2.01. The van der Waals surface area contributed by atoms with E-state index in [0.717, 1.165) is 22.3 Å². The Labute approximate surface area is 211 Å². The first-order chi connectivity index (χ1) is 16.9. The first-order valence-electron chi connectivity index (χ1n) is 11.7. The lowest BCUT2D eigenvalue weighted by Crippen LogP contribution is -2.29. The lowest BCUT2D eigenvalue weighted by molar-refractivity contribution is 0.251. The van der Waals surface area contributed by atoms with Crippen molar-refractivity contribution in [2.75, 3.05) is 5.32 Å². The number of urea groups is 1. The van der Waals surface area contributed by atoms with Crippen LogP contribution in [0.25, 0.3) is 5.69 Å². The summed E-state index contributed by atoms with van der Waals surface area (Å²) in [4.78, 5) is 12.6. The number of anilines is 1. The van der Waals surface area contributed by atoms with Crippen LogP contribution < -0.4 is 10.6 Å². The third-order valence-electron chi connectivity index (χ3n) is 5.85. The molecule has 0 aliphatic carbocycles. The van der Waals surface area contributed by atoms with Gasteiger partial charge in [0.2, 0.25) is 0 Å². The number of hydrogen-bond acceptors (Lipinski definition) is 4. The van der Waals surface area contributed by atoms with Gasteiger partial charge in [0.1, 0.15) is 0 Å². The van der Waals surface area contributed by atoms with E-state index in [1.807, 2.05) is 34.9 Å². The summed E-state index contributed by atoms with van der Waals surface area (Å²) in [5, 5.41) is 15.5.